The topological polar surface area (TPSA) is 35.0 Å². The summed E-state index contributed by atoms with van der Waals surface area (Å²) in [6.07, 6.45) is 0.969. The quantitative estimate of drug-likeness (QED) is 0.803. The fourth-order valence-corrected chi connectivity index (χ4v) is 1.13. The standard InChI is InChI=1S/C9H12Cl2N2O/c1-6(2)3-4-14-7-5-8(10)12-13-9(7)11/h5-6H,3-4H2,1-2H3. The van der Waals surface area contributed by atoms with Gasteiger partial charge in [-0.05, 0) is 12.3 Å². The molecule has 1 aromatic rings. The third-order valence-electron chi connectivity index (χ3n) is 1.64. The molecule has 1 rings (SSSR count). The molecular weight excluding hydrogens is 223 g/mol. The highest BCUT2D eigenvalue weighted by Crippen LogP contribution is 2.23. The molecule has 0 spiro atoms. The van der Waals surface area contributed by atoms with Crippen LogP contribution in [0.15, 0.2) is 6.07 Å². The van der Waals surface area contributed by atoms with Crippen molar-refractivity contribution in [3.63, 3.8) is 0 Å². The Morgan fingerprint density at radius 1 is 1.36 bits per heavy atom. The zero-order chi connectivity index (χ0) is 10.6. The molecule has 0 saturated heterocycles. The smallest absolute Gasteiger partial charge is 0.193 e. The van der Waals surface area contributed by atoms with Gasteiger partial charge < -0.3 is 4.74 Å². The Bertz CT molecular complexity index is 305. The molecule has 5 heteroatoms. The SMILES string of the molecule is CC(C)CCOc1cc(Cl)nnc1Cl. The summed E-state index contributed by atoms with van der Waals surface area (Å²) >= 11 is 11.4. The van der Waals surface area contributed by atoms with E-state index in [1.54, 1.807) is 6.07 Å². The summed E-state index contributed by atoms with van der Waals surface area (Å²) in [5, 5.41) is 7.76. The predicted molar refractivity (Wildman–Crippen MR) is 57.0 cm³/mol. The maximum absolute atomic E-state index is 5.75. The molecule has 0 amide bonds. The van der Waals surface area contributed by atoms with Crippen LogP contribution in [0, 0.1) is 5.92 Å². The van der Waals surface area contributed by atoms with Crippen LogP contribution in [0.3, 0.4) is 0 Å². The Morgan fingerprint density at radius 3 is 2.71 bits per heavy atom. The van der Waals surface area contributed by atoms with Crippen LogP contribution in [0.25, 0.3) is 0 Å². The first kappa shape index (κ1) is 11.5. The molecular formula is C9H12Cl2N2O. The molecule has 1 heterocycles. The Hall–Kier alpha value is -0.540. The minimum absolute atomic E-state index is 0.248. The Labute approximate surface area is 93.4 Å². The summed E-state index contributed by atoms with van der Waals surface area (Å²) in [4.78, 5) is 0. The van der Waals surface area contributed by atoms with Gasteiger partial charge in [-0.3, -0.25) is 0 Å². The lowest BCUT2D eigenvalue weighted by Crippen LogP contribution is -2.02. The van der Waals surface area contributed by atoms with E-state index in [0.29, 0.717) is 18.3 Å². The first-order valence-electron chi connectivity index (χ1n) is 4.41. The number of nitrogens with zero attached hydrogens (tertiary/aromatic N) is 2. The highest BCUT2D eigenvalue weighted by atomic mass is 35.5. The van der Waals surface area contributed by atoms with E-state index in [-0.39, 0.29) is 10.3 Å². The van der Waals surface area contributed by atoms with Crippen molar-refractivity contribution in [3.05, 3.63) is 16.4 Å². The van der Waals surface area contributed by atoms with Gasteiger partial charge in [0.15, 0.2) is 16.1 Å². The summed E-state index contributed by atoms with van der Waals surface area (Å²) < 4.78 is 5.41. The van der Waals surface area contributed by atoms with Crippen LogP contribution in [-0.4, -0.2) is 16.8 Å². The third kappa shape index (κ3) is 3.68. The molecule has 0 aromatic carbocycles. The van der Waals surface area contributed by atoms with Gasteiger partial charge in [0.2, 0.25) is 0 Å². The molecule has 3 nitrogen and oxygen atoms in total. The number of aromatic nitrogens is 2. The van der Waals surface area contributed by atoms with Crippen LogP contribution in [-0.2, 0) is 0 Å². The van der Waals surface area contributed by atoms with Gasteiger partial charge in [0.1, 0.15) is 0 Å². The van der Waals surface area contributed by atoms with Crippen molar-refractivity contribution < 1.29 is 4.74 Å². The number of ether oxygens (including phenoxy) is 1. The maximum atomic E-state index is 5.75. The summed E-state index contributed by atoms with van der Waals surface area (Å²) in [5.74, 6) is 1.09. The Kier molecular flexibility index (Phi) is 4.42. The third-order valence-corrected chi connectivity index (χ3v) is 2.09. The van der Waals surface area contributed by atoms with Gasteiger partial charge in [-0.15, -0.1) is 10.2 Å². The van der Waals surface area contributed by atoms with Crippen molar-refractivity contribution >= 4 is 23.2 Å². The van der Waals surface area contributed by atoms with Gasteiger partial charge in [-0.25, -0.2) is 0 Å². The molecule has 0 atom stereocenters. The fraction of sp³-hybridized carbons (Fsp3) is 0.556. The van der Waals surface area contributed by atoms with E-state index in [9.17, 15) is 0 Å². The zero-order valence-corrected chi connectivity index (χ0v) is 9.64. The zero-order valence-electron chi connectivity index (χ0n) is 8.13. The summed E-state index contributed by atoms with van der Waals surface area (Å²) in [6, 6.07) is 1.57. The first-order valence-corrected chi connectivity index (χ1v) is 5.16. The maximum Gasteiger partial charge on any atom is 0.193 e. The molecule has 0 radical (unpaired) electrons. The number of hydrogen-bond donors (Lipinski definition) is 0. The molecule has 78 valence electrons. The van der Waals surface area contributed by atoms with Gasteiger partial charge in [0, 0.05) is 6.07 Å². The van der Waals surface area contributed by atoms with Crippen molar-refractivity contribution in [2.24, 2.45) is 5.92 Å². The largest absolute Gasteiger partial charge is 0.490 e. The molecule has 1 aromatic heterocycles. The molecule has 0 bridgehead atoms. The van der Waals surface area contributed by atoms with Crippen molar-refractivity contribution in [3.8, 4) is 5.75 Å². The van der Waals surface area contributed by atoms with Gasteiger partial charge in [0.25, 0.3) is 0 Å². The van der Waals surface area contributed by atoms with E-state index in [1.165, 1.54) is 0 Å². The van der Waals surface area contributed by atoms with Crippen molar-refractivity contribution in [1.29, 1.82) is 0 Å². The molecule has 0 N–H and O–H groups in total. The van der Waals surface area contributed by atoms with Crippen LogP contribution in [0.2, 0.25) is 10.3 Å². The summed E-state index contributed by atoms with van der Waals surface area (Å²) in [6.45, 7) is 4.87. The first-order chi connectivity index (χ1) is 6.59. The highest BCUT2D eigenvalue weighted by Gasteiger charge is 2.05. The molecule has 0 unspecified atom stereocenters. The second-order valence-corrected chi connectivity index (χ2v) is 4.10. The minimum Gasteiger partial charge on any atom is -0.490 e. The monoisotopic (exact) mass is 234 g/mol. The van der Waals surface area contributed by atoms with Crippen LogP contribution >= 0.6 is 23.2 Å². The van der Waals surface area contributed by atoms with Gasteiger partial charge in [-0.1, -0.05) is 37.0 Å². The van der Waals surface area contributed by atoms with E-state index in [0.717, 1.165) is 6.42 Å². The Morgan fingerprint density at radius 2 is 2.07 bits per heavy atom. The molecule has 0 aliphatic heterocycles. The lowest BCUT2D eigenvalue weighted by Gasteiger charge is -2.08. The second-order valence-electron chi connectivity index (χ2n) is 3.35. The van der Waals surface area contributed by atoms with Gasteiger partial charge in [0.05, 0.1) is 6.61 Å². The lowest BCUT2D eigenvalue weighted by molar-refractivity contribution is 0.288. The summed E-state index contributed by atoms with van der Waals surface area (Å²) in [7, 11) is 0. The van der Waals surface area contributed by atoms with Crippen LogP contribution in [0.1, 0.15) is 20.3 Å². The van der Waals surface area contributed by atoms with Crippen LogP contribution < -0.4 is 4.74 Å². The molecule has 14 heavy (non-hydrogen) atoms. The molecule has 0 aliphatic rings. The van der Waals surface area contributed by atoms with E-state index in [2.05, 4.69) is 24.0 Å². The van der Waals surface area contributed by atoms with Crippen molar-refractivity contribution in [1.82, 2.24) is 10.2 Å². The molecule has 0 fully saturated rings. The number of halogens is 2. The van der Waals surface area contributed by atoms with E-state index in [1.807, 2.05) is 0 Å². The molecule has 0 aliphatic carbocycles. The van der Waals surface area contributed by atoms with Crippen molar-refractivity contribution in [2.45, 2.75) is 20.3 Å². The van der Waals surface area contributed by atoms with Crippen LogP contribution in [0.5, 0.6) is 5.75 Å². The Balaban J connectivity index is 2.53. The number of hydrogen-bond acceptors (Lipinski definition) is 3. The van der Waals surface area contributed by atoms with Gasteiger partial charge >= 0.3 is 0 Å². The van der Waals surface area contributed by atoms with Crippen molar-refractivity contribution in [2.75, 3.05) is 6.61 Å². The normalized spacial score (nSPS) is 10.6. The predicted octanol–water partition coefficient (Wildman–Crippen LogP) is 3.21. The van der Waals surface area contributed by atoms with E-state index >= 15 is 0 Å². The van der Waals surface area contributed by atoms with Gasteiger partial charge in [-0.2, -0.15) is 0 Å². The van der Waals surface area contributed by atoms with E-state index < -0.39 is 0 Å². The average Bonchev–Trinajstić information content (AvgIpc) is 2.10. The average molecular weight is 235 g/mol. The second kappa shape index (κ2) is 5.37. The van der Waals surface area contributed by atoms with E-state index in [4.69, 9.17) is 27.9 Å². The fourth-order valence-electron chi connectivity index (χ4n) is 0.843. The highest BCUT2D eigenvalue weighted by molar-refractivity contribution is 6.32. The lowest BCUT2D eigenvalue weighted by atomic mass is 10.1. The minimum atomic E-state index is 0.248. The summed E-state index contributed by atoms with van der Waals surface area (Å²) in [5.41, 5.74) is 0. The molecule has 0 saturated carbocycles. The van der Waals surface area contributed by atoms with Crippen LogP contribution in [0.4, 0.5) is 0 Å². The number of rotatable bonds is 4.